The fourth-order valence-corrected chi connectivity index (χ4v) is 3.87. The largest absolute Gasteiger partial charge is 0.452 e. The fraction of sp³-hybridized carbons (Fsp3) is 0.0417. The normalized spacial score (nSPS) is 14.0. The van der Waals surface area contributed by atoms with Crippen molar-refractivity contribution in [3.05, 3.63) is 78.2 Å². The van der Waals surface area contributed by atoms with Crippen LogP contribution < -0.4 is 0 Å². The highest BCUT2D eigenvalue weighted by Crippen LogP contribution is 2.42. The minimum absolute atomic E-state index is 0.164. The van der Waals surface area contributed by atoms with E-state index in [0.717, 1.165) is 10.8 Å². The summed E-state index contributed by atoms with van der Waals surface area (Å²) in [5, 5.41) is 2.91. The van der Waals surface area contributed by atoms with Gasteiger partial charge in [-0.25, -0.2) is 4.39 Å². The van der Waals surface area contributed by atoms with Crippen LogP contribution >= 0.6 is 0 Å². The minimum atomic E-state index is -2.36. The number of hydrogen-bond donors (Lipinski definition) is 0. The Balaban J connectivity index is 1.80. The highest BCUT2D eigenvalue weighted by molar-refractivity contribution is 6.20. The van der Waals surface area contributed by atoms with Gasteiger partial charge in [0.25, 0.3) is 0 Å². The third kappa shape index (κ3) is 2.00. The third-order valence-electron chi connectivity index (χ3n) is 5.13. The van der Waals surface area contributed by atoms with Crippen molar-refractivity contribution >= 4 is 43.9 Å². The van der Waals surface area contributed by atoms with E-state index in [0.29, 0.717) is 44.4 Å². The Kier molecular flexibility index (Phi) is 2.46. The predicted molar refractivity (Wildman–Crippen MR) is 109 cm³/mol. The highest BCUT2D eigenvalue weighted by Gasteiger charge is 2.19. The molecule has 3 aromatic heterocycles. The molecule has 0 spiro atoms. The molecule has 6 aromatic rings. The van der Waals surface area contributed by atoms with Crippen LogP contribution in [0.25, 0.3) is 55.1 Å². The van der Waals surface area contributed by atoms with E-state index in [1.165, 1.54) is 24.4 Å². The second kappa shape index (κ2) is 5.42. The molecule has 0 saturated heterocycles. The Morgan fingerprint density at radius 1 is 0.857 bits per heavy atom. The molecule has 0 atom stereocenters. The van der Waals surface area contributed by atoms with Crippen LogP contribution in [0.2, 0.25) is 0 Å². The van der Waals surface area contributed by atoms with Crippen LogP contribution in [-0.4, -0.2) is 4.98 Å². The van der Waals surface area contributed by atoms with Crippen molar-refractivity contribution < 1.29 is 17.3 Å². The van der Waals surface area contributed by atoms with Crippen molar-refractivity contribution in [2.24, 2.45) is 0 Å². The van der Waals surface area contributed by atoms with Crippen LogP contribution in [-0.2, 0) is 0 Å². The zero-order valence-electron chi connectivity index (χ0n) is 17.5. The second-order valence-corrected chi connectivity index (χ2v) is 6.74. The summed E-state index contributed by atoms with van der Waals surface area (Å²) >= 11 is 0. The molecule has 0 fully saturated rings. The minimum Gasteiger partial charge on any atom is -0.452 e. The van der Waals surface area contributed by atoms with E-state index >= 15 is 0 Å². The van der Waals surface area contributed by atoms with E-state index < -0.39 is 12.7 Å². The molecule has 0 amide bonds. The molecule has 3 nitrogen and oxygen atoms in total. The van der Waals surface area contributed by atoms with E-state index in [4.69, 9.17) is 12.9 Å². The lowest BCUT2D eigenvalue weighted by Crippen LogP contribution is -1.86. The summed E-state index contributed by atoms with van der Waals surface area (Å²) in [6.45, 7) is -2.36. The van der Waals surface area contributed by atoms with Crippen molar-refractivity contribution in [3.63, 3.8) is 0 Å². The molecule has 0 unspecified atom stereocenters. The number of pyridine rings is 1. The summed E-state index contributed by atoms with van der Waals surface area (Å²) in [6.07, 6.45) is 1.37. The number of rotatable bonds is 1. The van der Waals surface area contributed by atoms with Gasteiger partial charge in [0.1, 0.15) is 17.0 Å². The number of benzene rings is 3. The molecule has 0 radical (unpaired) electrons. The zero-order chi connectivity index (χ0) is 21.3. The molecular weight excluding hydrogens is 353 g/mol. The van der Waals surface area contributed by atoms with Gasteiger partial charge in [0.2, 0.25) is 0 Å². The lowest BCUT2D eigenvalue weighted by Gasteiger charge is -2.04. The Hall–Kier alpha value is -3.66. The monoisotopic (exact) mass is 370 g/mol. The van der Waals surface area contributed by atoms with Gasteiger partial charge in [0, 0.05) is 43.5 Å². The molecule has 6 rings (SSSR count). The number of aromatic nitrogens is 1. The van der Waals surface area contributed by atoms with E-state index in [-0.39, 0.29) is 5.56 Å². The van der Waals surface area contributed by atoms with Crippen LogP contribution in [0.15, 0.2) is 75.7 Å². The summed E-state index contributed by atoms with van der Waals surface area (Å²) < 4.78 is 50.3. The van der Waals surface area contributed by atoms with Gasteiger partial charge < -0.3 is 8.83 Å². The fourth-order valence-electron chi connectivity index (χ4n) is 3.87. The van der Waals surface area contributed by atoms with Gasteiger partial charge >= 0.3 is 0 Å². The number of halogens is 1. The molecular formula is C24H14FNO2. The summed E-state index contributed by atoms with van der Waals surface area (Å²) in [5.74, 6) is -0.436. The molecule has 3 aromatic carbocycles. The maximum atomic E-state index is 13.9. The van der Waals surface area contributed by atoms with Crippen molar-refractivity contribution in [1.29, 1.82) is 0 Å². The maximum absolute atomic E-state index is 13.9. The first-order valence-electron chi connectivity index (χ1n) is 10.3. The molecule has 0 saturated carbocycles. The standard InChI is InChI=1S/C24H14FNO2/c1-13-6-7-17(19-12-14(25)10-11-26-19)22-21(13)18-9-8-16-15-4-2-3-5-20(15)27-23(16)24(18)28-22/h2-12H,1H3/i1D3. The highest BCUT2D eigenvalue weighted by atomic mass is 19.1. The first kappa shape index (κ1) is 12.7. The van der Waals surface area contributed by atoms with E-state index in [9.17, 15) is 4.39 Å². The first-order valence-corrected chi connectivity index (χ1v) is 8.84. The van der Waals surface area contributed by atoms with Gasteiger partial charge in [-0.2, -0.15) is 0 Å². The summed E-state index contributed by atoms with van der Waals surface area (Å²) in [6, 6.07) is 17.1. The molecule has 0 aliphatic heterocycles. The van der Waals surface area contributed by atoms with Crippen LogP contribution in [0, 0.1) is 12.7 Å². The van der Waals surface area contributed by atoms with E-state index in [2.05, 4.69) is 4.98 Å². The number of para-hydroxylation sites is 1. The van der Waals surface area contributed by atoms with Crippen molar-refractivity contribution in [2.45, 2.75) is 6.85 Å². The van der Waals surface area contributed by atoms with Gasteiger partial charge in [0.05, 0.1) is 5.69 Å². The van der Waals surface area contributed by atoms with Gasteiger partial charge in [-0.3, -0.25) is 4.98 Å². The number of hydrogen-bond acceptors (Lipinski definition) is 3. The molecule has 3 heterocycles. The Morgan fingerprint density at radius 3 is 2.61 bits per heavy atom. The molecule has 134 valence electrons. The van der Waals surface area contributed by atoms with E-state index in [1.54, 1.807) is 6.07 Å². The smallest absolute Gasteiger partial charge is 0.178 e. The number of aryl methyl sites for hydroxylation is 1. The van der Waals surface area contributed by atoms with Crippen LogP contribution in [0.5, 0.6) is 0 Å². The SMILES string of the molecule is [2H]C([2H])([2H])c1ccc(-c2cc(F)ccn2)c2oc3c(ccc4c5ccccc5oc43)c12. The van der Waals surface area contributed by atoms with Crippen LogP contribution in [0.1, 0.15) is 9.68 Å². The van der Waals surface area contributed by atoms with Crippen molar-refractivity contribution in [1.82, 2.24) is 4.98 Å². The van der Waals surface area contributed by atoms with Crippen LogP contribution in [0.3, 0.4) is 0 Å². The second-order valence-electron chi connectivity index (χ2n) is 6.74. The number of nitrogens with zero attached hydrogens (tertiary/aromatic N) is 1. The lowest BCUT2D eigenvalue weighted by molar-refractivity contribution is 0.625. The molecule has 0 aliphatic carbocycles. The van der Waals surface area contributed by atoms with Crippen LogP contribution in [0.4, 0.5) is 4.39 Å². The quantitative estimate of drug-likeness (QED) is 0.313. The van der Waals surface area contributed by atoms with E-state index in [1.807, 2.05) is 36.4 Å². The first-order chi connectivity index (χ1) is 14.9. The number of fused-ring (bicyclic) bond motifs is 7. The van der Waals surface area contributed by atoms with Gasteiger partial charge in [0.15, 0.2) is 11.2 Å². The topological polar surface area (TPSA) is 39.2 Å². The van der Waals surface area contributed by atoms with Gasteiger partial charge in [-0.15, -0.1) is 0 Å². The summed E-state index contributed by atoms with van der Waals surface area (Å²) in [7, 11) is 0. The van der Waals surface area contributed by atoms with Crippen molar-refractivity contribution in [2.75, 3.05) is 0 Å². The Labute approximate surface area is 163 Å². The maximum Gasteiger partial charge on any atom is 0.178 e. The average molecular weight is 370 g/mol. The Bertz CT molecular complexity index is 1650. The summed E-state index contributed by atoms with van der Waals surface area (Å²) in [4.78, 5) is 4.25. The zero-order valence-corrected chi connectivity index (χ0v) is 14.5. The third-order valence-corrected chi connectivity index (χ3v) is 5.13. The molecule has 0 aliphatic rings. The van der Waals surface area contributed by atoms with Crippen molar-refractivity contribution in [3.8, 4) is 11.3 Å². The number of furan rings is 2. The average Bonchev–Trinajstić information content (AvgIpc) is 3.31. The molecule has 0 bridgehead atoms. The molecule has 0 N–H and O–H groups in total. The van der Waals surface area contributed by atoms with Gasteiger partial charge in [-0.1, -0.05) is 24.3 Å². The summed E-state index contributed by atoms with van der Waals surface area (Å²) in [5.41, 5.74) is 3.10. The molecule has 4 heteroatoms. The Morgan fingerprint density at radius 2 is 1.71 bits per heavy atom. The predicted octanol–water partition coefficient (Wildman–Crippen LogP) is 6.99. The van der Waals surface area contributed by atoms with Gasteiger partial charge in [-0.05, 0) is 42.7 Å². The lowest BCUT2D eigenvalue weighted by atomic mass is 10.0. The molecule has 28 heavy (non-hydrogen) atoms.